The van der Waals surface area contributed by atoms with Gasteiger partial charge in [0, 0.05) is 12.1 Å². The lowest BCUT2D eigenvalue weighted by Crippen LogP contribution is -2.56. The molecule has 0 aromatic heterocycles. The summed E-state index contributed by atoms with van der Waals surface area (Å²) in [5.74, 6) is 5.06. The average Bonchev–Trinajstić information content (AvgIpc) is 2.56. The zero-order chi connectivity index (χ0) is 15.8. The lowest BCUT2D eigenvalue weighted by molar-refractivity contribution is -0.0172. The molecule has 1 aromatic carbocycles. The molecular weight excluding hydrogens is 282 g/mol. The van der Waals surface area contributed by atoms with Crippen LogP contribution in [0.5, 0.6) is 5.75 Å². The third-order valence-electron chi connectivity index (χ3n) is 6.73. The maximum Gasteiger partial charge on any atom is 0.118 e. The van der Waals surface area contributed by atoms with E-state index in [0.717, 1.165) is 41.9 Å². The van der Waals surface area contributed by atoms with E-state index in [4.69, 9.17) is 4.74 Å². The van der Waals surface area contributed by atoms with Crippen molar-refractivity contribution in [1.82, 2.24) is 5.32 Å². The Labute approximate surface area is 141 Å². The standard InChI is InChI=1S/C21H31NO/c1-14(3-4-15-5-7-20(23-2)8-6-15)22-21-18-10-16-9-17(12-18)13-19(21)11-16/h5-8,14,16-19,21-22H,3-4,9-13H2,1-2H3/t14-,16?,17?,18?,19?,21?/m1/s1. The van der Waals surface area contributed by atoms with Gasteiger partial charge in [0.15, 0.2) is 0 Å². The summed E-state index contributed by atoms with van der Waals surface area (Å²) in [5, 5.41) is 4.03. The van der Waals surface area contributed by atoms with Gasteiger partial charge in [-0.05, 0) is 93.2 Å². The number of nitrogens with one attached hydrogen (secondary N) is 1. The van der Waals surface area contributed by atoms with Gasteiger partial charge >= 0.3 is 0 Å². The second-order valence-electron chi connectivity index (χ2n) is 8.41. The van der Waals surface area contributed by atoms with Crippen molar-refractivity contribution < 1.29 is 4.74 Å². The number of hydrogen-bond acceptors (Lipinski definition) is 2. The molecule has 23 heavy (non-hydrogen) atoms. The minimum absolute atomic E-state index is 0.625. The highest BCUT2D eigenvalue weighted by atomic mass is 16.5. The number of benzene rings is 1. The minimum atomic E-state index is 0.625. The number of aryl methyl sites for hydroxylation is 1. The second-order valence-corrected chi connectivity index (χ2v) is 8.41. The average molecular weight is 313 g/mol. The van der Waals surface area contributed by atoms with Crippen LogP contribution in [0.1, 0.15) is 51.0 Å². The summed E-state index contributed by atoms with van der Waals surface area (Å²) >= 11 is 0. The van der Waals surface area contributed by atoms with Crippen LogP contribution in [0, 0.1) is 23.7 Å². The van der Waals surface area contributed by atoms with E-state index in [1.54, 1.807) is 13.5 Å². The van der Waals surface area contributed by atoms with Crippen molar-refractivity contribution in [2.24, 2.45) is 23.7 Å². The van der Waals surface area contributed by atoms with Crippen molar-refractivity contribution in [3.05, 3.63) is 29.8 Å². The third-order valence-corrected chi connectivity index (χ3v) is 6.73. The summed E-state index contributed by atoms with van der Waals surface area (Å²) in [6.07, 6.45) is 9.98. The lowest BCUT2D eigenvalue weighted by Gasteiger charge is -2.55. The molecule has 0 aliphatic heterocycles. The van der Waals surface area contributed by atoms with Crippen molar-refractivity contribution in [3.8, 4) is 5.75 Å². The van der Waals surface area contributed by atoms with E-state index in [9.17, 15) is 0 Å². The molecule has 0 unspecified atom stereocenters. The summed E-state index contributed by atoms with van der Waals surface area (Å²) in [7, 11) is 1.73. The summed E-state index contributed by atoms with van der Waals surface area (Å²) in [6, 6.07) is 9.99. The summed E-state index contributed by atoms with van der Waals surface area (Å²) in [6.45, 7) is 2.38. The first-order chi connectivity index (χ1) is 11.2. The molecule has 1 N–H and O–H groups in total. The largest absolute Gasteiger partial charge is 0.497 e. The maximum atomic E-state index is 5.24. The Balaban J connectivity index is 1.29. The molecular formula is C21H31NO. The van der Waals surface area contributed by atoms with Gasteiger partial charge in [0.2, 0.25) is 0 Å². The SMILES string of the molecule is COc1ccc(CC[C@@H](C)NC2C3CC4CC(C3)CC2C4)cc1. The molecule has 0 heterocycles. The van der Waals surface area contributed by atoms with Crippen molar-refractivity contribution >= 4 is 0 Å². The van der Waals surface area contributed by atoms with Crippen LogP contribution < -0.4 is 10.1 Å². The van der Waals surface area contributed by atoms with E-state index in [2.05, 4.69) is 36.5 Å². The topological polar surface area (TPSA) is 21.3 Å². The highest BCUT2D eigenvalue weighted by Gasteiger charge is 2.48. The summed E-state index contributed by atoms with van der Waals surface area (Å²) in [5.41, 5.74) is 1.42. The van der Waals surface area contributed by atoms with E-state index < -0.39 is 0 Å². The van der Waals surface area contributed by atoms with Gasteiger partial charge in [0.05, 0.1) is 7.11 Å². The summed E-state index contributed by atoms with van der Waals surface area (Å²) < 4.78 is 5.24. The van der Waals surface area contributed by atoms with Crippen molar-refractivity contribution in [3.63, 3.8) is 0 Å². The fraction of sp³-hybridized carbons (Fsp3) is 0.714. The highest BCUT2D eigenvalue weighted by Crippen LogP contribution is 2.53. The molecule has 0 amide bonds. The fourth-order valence-electron chi connectivity index (χ4n) is 5.78. The maximum absolute atomic E-state index is 5.24. The first-order valence-electron chi connectivity index (χ1n) is 9.60. The van der Waals surface area contributed by atoms with Crippen LogP contribution in [-0.2, 0) is 6.42 Å². The van der Waals surface area contributed by atoms with Gasteiger partial charge in [0.1, 0.15) is 5.75 Å². The quantitative estimate of drug-likeness (QED) is 0.839. The van der Waals surface area contributed by atoms with E-state index >= 15 is 0 Å². The fourth-order valence-corrected chi connectivity index (χ4v) is 5.78. The van der Waals surface area contributed by atoms with Crippen molar-refractivity contribution in [2.45, 2.75) is 64.0 Å². The molecule has 0 spiro atoms. The molecule has 4 saturated carbocycles. The van der Waals surface area contributed by atoms with E-state index in [1.165, 1.54) is 37.7 Å². The summed E-state index contributed by atoms with van der Waals surface area (Å²) in [4.78, 5) is 0. The monoisotopic (exact) mass is 313 g/mol. The van der Waals surface area contributed by atoms with E-state index in [-0.39, 0.29) is 0 Å². The number of hydrogen-bond donors (Lipinski definition) is 1. The molecule has 1 atom stereocenters. The second kappa shape index (κ2) is 6.47. The first kappa shape index (κ1) is 15.5. The van der Waals surface area contributed by atoms with Crippen LogP contribution in [0.2, 0.25) is 0 Å². The normalized spacial score (nSPS) is 36.2. The number of ether oxygens (including phenoxy) is 1. The van der Waals surface area contributed by atoms with Gasteiger partial charge < -0.3 is 10.1 Å². The molecule has 2 nitrogen and oxygen atoms in total. The molecule has 4 aliphatic carbocycles. The van der Waals surface area contributed by atoms with Crippen molar-refractivity contribution in [2.75, 3.05) is 7.11 Å². The third kappa shape index (κ3) is 3.28. The molecule has 5 rings (SSSR count). The Bertz CT molecular complexity index is 495. The van der Waals surface area contributed by atoms with Gasteiger partial charge in [-0.2, -0.15) is 0 Å². The Morgan fingerprint density at radius 3 is 2.17 bits per heavy atom. The van der Waals surface area contributed by atoms with Crippen LogP contribution in [0.25, 0.3) is 0 Å². The molecule has 0 radical (unpaired) electrons. The highest BCUT2D eigenvalue weighted by molar-refractivity contribution is 5.27. The number of methoxy groups -OCH3 is 1. The smallest absolute Gasteiger partial charge is 0.118 e. The Morgan fingerprint density at radius 1 is 1.00 bits per heavy atom. The molecule has 4 fully saturated rings. The zero-order valence-corrected chi connectivity index (χ0v) is 14.6. The molecule has 4 aliphatic rings. The van der Waals surface area contributed by atoms with E-state index in [0.29, 0.717) is 6.04 Å². The lowest BCUT2D eigenvalue weighted by atomic mass is 9.54. The molecule has 4 bridgehead atoms. The Kier molecular flexibility index (Phi) is 4.36. The van der Waals surface area contributed by atoms with Gasteiger partial charge in [0.25, 0.3) is 0 Å². The van der Waals surface area contributed by atoms with Crippen molar-refractivity contribution in [1.29, 1.82) is 0 Å². The van der Waals surface area contributed by atoms with Gasteiger partial charge in [-0.15, -0.1) is 0 Å². The molecule has 2 heteroatoms. The van der Waals surface area contributed by atoms with Gasteiger partial charge in [-0.25, -0.2) is 0 Å². The van der Waals surface area contributed by atoms with Crippen LogP contribution in [-0.4, -0.2) is 19.2 Å². The first-order valence-corrected chi connectivity index (χ1v) is 9.60. The van der Waals surface area contributed by atoms with E-state index in [1.807, 2.05) is 0 Å². The van der Waals surface area contributed by atoms with Gasteiger partial charge in [-0.3, -0.25) is 0 Å². The zero-order valence-electron chi connectivity index (χ0n) is 14.6. The Morgan fingerprint density at radius 2 is 1.61 bits per heavy atom. The predicted octanol–water partition coefficient (Wildman–Crippen LogP) is 4.43. The number of rotatable bonds is 6. The molecule has 0 saturated heterocycles. The van der Waals surface area contributed by atoms with Crippen LogP contribution in [0.15, 0.2) is 24.3 Å². The van der Waals surface area contributed by atoms with Crippen LogP contribution in [0.4, 0.5) is 0 Å². The van der Waals surface area contributed by atoms with Crippen LogP contribution in [0.3, 0.4) is 0 Å². The molecule has 1 aromatic rings. The predicted molar refractivity (Wildman–Crippen MR) is 94.7 cm³/mol. The van der Waals surface area contributed by atoms with Gasteiger partial charge in [-0.1, -0.05) is 12.1 Å². The molecule has 126 valence electrons. The van der Waals surface area contributed by atoms with Crippen LogP contribution >= 0.6 is 0 Å². The Hall–Kier alpha value is -1.02. The minimum Gasteiger partial charge on any atom is -0.497 e.